The fourth-order valence-corrected chi connectivity index (χ4v) is 2.97. The lowest BCUT2D eigenvalue weighted by molar-refractivity contribution is -0.0883. The van der Waals surface area contributed by atoms with E-state index in [1.54, 1.807) is 12.3 Å². The minimum absolute atomic E-state index is 0.275. The molecule has 1 aliphatic carbocycles. The van der Waals surface area contributed by atoms with Gasteiger partial charge in [0.25, 0.3) is 0 Å². The number of alkyl halides is 3. The summed E-state index contributed by atoms with van der Waals surface area (Å²) in [6.07, 6.45) is 3.13. The van der Waals surface area contributed by atoms with Gasteiger partial charge in [-0.05, 0) is 6.08 Å². The molecule has 2 aliphatic rings. The van der Waals surface area contributed by atoms with E-state index in [-0.39, 0.29) is 6.42 Å². The van der Waals surface area contributed by atoms with E-state index < -0.39 is 22.7 Å². The van der Waals surface area contributed by atoms with E-state index in [2.05, 4.69) is 4.90 Å². The molecule has 112 valence electrons. The SMILES string of the molecule is CS(=O)N1CCN(C2=CC=CC(C(F)(F)F)=CC2)CC1. The second-order valence-electron chi connectivity index (χ2n) is 4.72. The van der Waals surface area contributed by atoms with Crippen LogP contribution in [0.5, 0.6) is 0 Å². The number of nitrogens with zero attached hydrogens (tertiary/aromatic N) is 2. The molecule has 0 aromatic rings. The van der Waals surface area contributed by atoms with Gasteiger partial charge in [-0.15, -0.1) is 0 Å². The van der Waals surface area contributed by atoms with Crippen molar-refractivity contribution in [1.29, 1.82) is 0 Å². The van der Waals surface area contributed by atoms with Crippen LogP contribution in [0.1, 0.15) is 6.42 Å². The zero-order valence-corrected chi connectivity index (χ0v) is 12.0. The second kappa shape index (κ2) is 6.13. The van der Waals surface area contributed by atoms with Gasteiger partial charge in [-0.3, -0.25) is 0 Å². The highest BCUT2D eigenvalue weighted by Gasteiger charge is 2.32. The summed E-state index contributed by atoms with van der Waals surface area (Å²) in [6.45, 7) is 2.71. The molecule has 0 spiro atoms. The van der Waals surface area contributed by atoms with Crippen LogP contribution in [0.3, 0.4) is 0 Å². The number of hydrogen-bond donors (Lipinski definition) is 0. The normalized spacial score (nSPS) is 23.1. The lowest BCUT2D eigenvalue weighted by Crippen LogP contribution is -2.46. The molecule has 2 rings (SSSR count). The smallest absolute Gasteiger partial charge is 0.372 e. The highest BCUT2D eigenvalue weighted by molar-refractivity contribution is 7.81. The molecule has 1 fully saturated rings. The number of halogens is 3. The van der Waals surface area contributed by atoms with E-state index in [1.165, 1.54) is 12.2 Å². The molecule has 7 heteroatoms. The topological polar surface area (TPSA) is 23.6 Å². The summed E-state index contributed by atoms with van der Waals surface area (Å²) in [4.78, 5) is 2.06. The van der Waals surface area contributed by atoms with E-state index in [4.69, 9.17) is 0 Å². The molecular weight excluding hydrogens is 289 g/mol. The van der Waals surface area contributed by atoms with Crippen molar-refractivity contribution in [1.82, 2.24) is 9.21 Å². The van der Waals surface area contributed by atoms with Crippen molar-refractivity contribution in [2.75, 3.05) is 32.4 Å². The molecule has 1 unspecified atom stereocenters. The van der Waals surface area contributed by atoms with Crippen molar-refractivity contribution in [3.63, 3.8) is 0 Å². The van der Waals surface area contributed by atoms with E-state index in [0.29, 0.717) is 26.2 Å². The van der Waals surface area contributed by atoms with Crippen molar-refractivity contribution in [3.05, 3.63) is 35.6 Å². The lowest BCUT2D eigenvalue weighted by atomic mass is 10.2. The zero-order chi connectivity index (χ0) is 14.8. The average molecular weight is 306 g/mol. The Balaban J connectivity index is 1.99. The Morgan fingerprint density at radius 1 is 1.20 bits per heavy atom. The van der Waals surface area contributed by atoms with Crippen LogP contribution in [0, 0.1) is 0 Å². The summed E-state index contributed by atoms with van der Waals surface area (Å²) in [7, 11) is -0.980. The molecular formula is C13H17F3N2OS. The van der Waals surface area contributed by atoms with Crippen LogP contribution in [0.4, 0.5) is 13.2 Å². The van der Waals surface area contributed by atoms with Crippen LogP contribution in [-0.2, 0) is 11.0 Å². The van der Waals surface area contributed by atoms with Crippen LogP contribution in [0.2, 0.25) is 0 Å². The Bertz CT molecular complexity index is 474. The van der Waals surface area contributed by atoms with Gasteiger partial charge in [-0.2, -0.15) is 13.2 Å². The van der Waals surface area contributed by atoms with Crippen LogP contribution in [0.15, 0.2) is 35.6 Å². The molecule has 1 aliphatic heterocycles. The molecule has 0 amide bonds. The van der Waals surface area contributed by atoms with Gasteiger partial charge in [0.1, 0.15) is 0 Å². The predicted molar refractivity (Wildman–Crippen MR) is 73.2 cm³/mol. The molecule has 0 N–H and O–H groups in total. The maximum Gasteiger partial charge on any atom is 0.416 e. The number of hydrogen-bond acceptors (Lipinski definition) is 2. The number of allylic oxidation sites excluding steroid dienone is 5. The van der Waals surface area contributed by atoms with Gasteiger partial charge in [0.15, 0.2) is 0 Å². The quantitative estimate of drug-likeness (QED) is 0.781. The Kier molecular flexibility index (Phi) is 4.70. The van der Waals surface area contributed by atoms with Gasteiger partial charge < -0.3 is 4.90 Å². The predicted octanol–water partition coefficient (Wildman–Crippen LogP) is 2.23. The van der Waals surface area contributed by atoms with Gasteiger partial charge in [0.2, 0.25) is 0 Å². The molecule has 0 aromatic carbocycles. The van der Waals surface area contributed by atoms with E-state index in [0.717, 1.165) is 11.8 Å². The maximum absolute atomic E-state index is 12.6. The van der Waals surface area contributed by atoms with E-state index in [1.807, 2.05) is 4.31 Å². The van der Waals surface area contributed by atoms with Crippen molar-refractivity contribution in [2.24, 2.45) is 0 Å². The third kappa shape index (κ3) is 3.73. The first-order valence-electron chi connectivity index (χ1n) is 6.36. The highest BCUT2D eigenvalue weighted by Crippen LogP contribution is 2.29. The summed E-state index contributed by atoms with van der Waals surface area (Å²) in [5.74, 6) is 0. The van der Waals surface area contributed by atoms with Crippen molar-refractivity contribution in [2.45, 2.75) is 12.6 Å². The summed E-state index contributed by atoms with van der Waals surface area (Å²) in [6, 6.07) is 0. The van der Waals surface area contributed by atoms with Crippen LogP contribution < -0.4 is 0 Å². The number of rotatable bonds is 2. The molecule has 0 aromatic heterocycles. The molecule has 1 heterocycles. The molecule has 1 saturated heterocycles. The molecule has 20 heavy (non-hydrogen) atoms. The van der Waals surface area contributed by atoms with Gasteiger partial charge >= 0.3 is 6.18 Å². The summed E-state index contributed by atoms with van der Waals surface area (Å²) < 4.78 is 51.1. The second-order valence-corrected chi connectivity index (χ2v) is 6.08. The van der Waals surface area contributed by atoms with Crippen LogP contribution in [0.25, 0.3) is 0 Å². The average Bonchev–Trinajstić information content (AvgIpc) is 2.64. The first kappa shape index (κ1) is 15.3. The van der Waals surface area contributed by atoms with Crippen molar-refractivity contribution in [3.8, 4) is 0 Å². The minimum atomic E-state index is -4.29. The van der Waals surface area contributed by atoms with Gasteiger partial charge in [-0.25, -0.2) is 8.51 Å². The maximum atomic E-state index is 12.6. The first-order chi connectivity index (χ1) is 9.38. The monoisotopic (exact) mass is 306 g/mol. The van der Waals surface area contributed by atoms with Gasteiger partial charge in [-0.1, -0.05) is 18.2 Å². The minimum Gasteiger partial charge on any atom is -0.372 e. The summed E-state index contributed by atoms with van der Waals surface area (Å²) in [5, 5.41) is 0. The molecule has 0 radical (unpaired) electrons. The Morgan fingerprint density at radius 3 is 2.40 bits per heavy atom. The third-order valence-electron chi connectivity index (χ3n) is 3.43. The van der Waals surface area contributed by atoms with E-state index in [9.17, 15) is 17.4 Å². The van der Waals surface area contributed by atoms with Crippen molar-refractivity contribution < 1.29 is 17.4 Å². The third-order valence-corrected chi connectivity index (χ3v) is 4.52. The van der Waals surface area contributed by atoms with E-state index >= 15 is 0 Å². The largest absolute Gasteiger partial charge is 0.416 e. The van der Waals surface area contributed by atoms with Gasteiger partial charge in [0, 0.05) is 44.6 Å². The molecule has 3 nitrogen and oxygen atoms in total. The lowest BCUT2D eigenvalue weighted by Gasteiger charge is -2.35. The Hall–Kier alpha value is -1.08. The Morgan fingerprint density at radius 2 is 1.85 bits per heavy atom. The molecule has 0 bridgehead atoms. The highest BCUT2D eigenvalue weighted by atomic mass is 32.2. The fourth-order valence-electron chi connectivity index (χ4n) is 2.29. The van der Waals surface area contributed by atoms with Crippen LogP contribution >= 0.6 is 0 Å². The zero-order valence-electron chi connectivity index (χ0n) is 11.2. The molecule has 1 atom stereocenters. The first-order valence-corrected chi connectivity index (χ1v) is 7.87. The van der Waals surface area contributed by atoms with Crippen LogP contribution in [-0.4, -0.2) is 52.0 Å². The molecule has 0 saturated carbocycles. The summed E-state index contributed by atoms with van der Waals surface area (Å²) in [5.41, 5.74) is 0.277. The number of piperazine rings is 1. The van der Waals surface area contributed by atoms with Gasteiger partial charge in [0.05, 0.1) is 16.6 Å². The standard InChI is InChI=1S/C13H17F3N2OS/c1-20(19)18-9-7-17(8-10-18)12-4-2-3-11(5-6-12)13(14,15)16/h2-5H,6-10H2,1H3. The fraction of sp³-hybridized carbons (Fsp3) is 0.538. The summed E-state index contributed by atoms with van der Waals surface area (Å²) >= 11 is 0. The van der Waals surface area contributed by atoms with Crippen molar-refractivity contribution >= 4 is 11.0 Å². The Labute approximate surface area is 119 Å².